The predicted molar refractivity (Wildman–Crippen MR) is 58.8 cm³/mol. The number of hydrogen-bond acceptors (Lipinski definition) is 4. The van der Waals surface area contributed by atoms with Crippen molar-refractivity contribution in [3.05, 3.63) is 23.8 Å². The van der Waals surface area contributed by atoms with Gasteiger partial charge in [-0.15, -0.1) is 0 Å². The van der Waals surface area contributed by atoms with Crippen LogP contribution in [0.2, 0.25) is 0 Å². The van der Waals surface area contributed by atoms with E-state index in [1.807, 2.05) is 12.1 Å². The maximum Gasteiger partial charge on any atom is 0.404 e. The standard InChI is InChI=1S/C11H15NO4/c1-14-9-5-8(3-4-16-11(12)13)6-10(7-9)15-2/h5-7H,3-4H2,1-2H3,(H2,12,13). The van der Waals surface area contributed by atoms with E-state index >= 15 is 0 Å². The van der Waals surface area contributed by atoms with Gasteiger partial charge in [0.1, 0.15) is 11.5 Å². The quantitative estimate of drug-likeness (QED) is 0.820. The summed E-state index contributed by atoms with van der Waals surface area (Å²) >= 11 is 0. The summed E-state index contributed by atoms with van der Waals surface area (Å²) in [5.74, 6) is 1.40. The molecule has 0 saturated carbocycles. The third kappa shape index (κ3) is 3.68. The Morgan fingerprint density at radius 1 is 1.19 bits per heavy atom. The van der Waals surface area contributed by atoms with Gasteiger partial charge in [-0.25, -0.2) is 4.79 Å². The summed E-state index contributed by atoms with van der Waals surface area (Å²) in [6, 6.07) is 5.48. The zero-order valence-electron chi connectivity index (χ0n) is 9.36. The lowest BCUT2D eigenvalue weighted by molar-refractivity contribution is 0.158. The van der Waals surface area contributed by atoms with Gasteiger partial charge in [-0.05, 0) is 17.7 Å². The highest BCUT2D eigenvalue weighted by Crippen LogP contribution is 2.22. The minimum atomic E-state index is -0.769. The van der Waals surface area contributed by atoms with Gasteiger partial charge in [0, 0.05) is 12.5 Å². The third-order valence-corrected chi connectivity index (χ3v) is 2.05. The minimum Gasteiger partial charge on any atom is -0.497 e. The van der Waals surface area contributed by atoms with Gasteiger partial charge in [0.2, 0.25) is 0 Å². The molecule has 88 valence electrons. The van der Waals surface area contributed by atoms with Crippen LogP contribution in [0.25, 0.3) is 0 Å². The summed E-state index contributed by atoms with van der Waals surface area (Å²) in [5.41, 5.74) is 5.81. The van der Waals surface area contributed by atoms with Crippen LogP contribution in [0.4, 0.5) is 4.79 Å². The topological polar surface area (TPSA) is 70.8 Å². The molecule has 1 rings (SSSR count). The second-order valence-corrected chi connectivity index (χ2v) is 3.14. The van der Waals surface area contributed by atoms with Gasteiger partial charge in [0.15, 0.2) is 0 Å². The lowest BCUT2D eigenvalue weighted by Crippen LogP contribution is -2.14. The molecule has 5 nitrogen and oxygen atoms in total. The molecule has 0 spiro atoms. The number of benzene rings is 1. The average Bonchev–Trinajstić information content (AvgIpc) is 2.28. The smallest absolute Gasteiger partial charge is 0.404 e. The van der Waals surface area contributed by atoms with E-state index in [-0.39, 0.29) is 6.61 Å². The number of amides is 1. The van der Waals surface area contributed by atoms with Gasteiger partial charge in [0.25, 0.3) is 0 Å². The van der Waals surface area contributed by atoms with Crippen molar-refractivity contribution in [2.75, 3.05) is 20.8 Å². The first-order chi connectivity index (χ1) is 7.65. The van der Waals surface area contributed by atoms with Crippen LogP contribution in [-0.2, 0) is 11.2 Å². The molecule has 0 aliphatic heterocycles. The van der Waals surface area contributed by atoms with Crippen LogP contribution in [0.15, 0.2) is 18.2 Å². The first-order valence-electron chi connectivity index (χ1n) is 4.80. The van der Waals surface area contributed by atoms with E-state index in [0.29, 0.717) is 17.9 Å². The largest absolute Gasteiger partial charge is 0.497 e. The molecule has 0 unspecified atom stereocenters. The molecule has 5 heteroatoms. The number of rotatable bonds is 5. The van der Waals surface area contributed by atoms with Crippen LogP contribution >= 0.6 is 0 Å². The highest BCUT2D eigenvalue weighted by Gasteiger charge is 2.02. The van der Waals surface area contributed by atoms with Crippen LogP contribution in [0.3, 0.4) is 0 Å². The van der Waals surface area contributed by atoms with E-state index in [1.165, 1.54) is 0 Å². The molecule has 2 N–H and O–H groups in total. The Bertz CT molecular complexity index is 343. The van der Waals surface area contributed by atoms with Gasteiger partial charge < -0.3 is 19.9 Å². The van der Waals surface area contributed by atoms with Crippen molar-refractivity contribution in [3.8, 4) is 11.5 Å². The normalized spacial score (nSPS) is 9.62. The SMILES string of the molecule is COc1cc(CCOC(N)=O)cc(OC)c1. The van der Waals surface area contributed by atoms with E-state index in [0.717, 1.165) is 5.56 Å². The Labute approximate surface area is 94.1 Å². The highest BCUT2D eigenvalue weighted by molar-refractivity contribution is 5.64. The Balaban J connectivity index is 2.67. The van der Waals surface area contributed by atoms with Gasteiger partial charge in [-0.1, -0.05) is 0 Å². The molecule has 16 heavy (non-hydrogen) atoms. The van der Waals surface area contributed by atoms with Crippen molar-refractivity contribution in [2.45, 2.75) is 6.42 Å². The fourth-order valence-electron chi connectivity index (χ4n) is 1.28. The maximum absolute atomic E-state index is 10.4. The van der Waals surface area contributed by atoms with E-state index in [4.69, 9.17) is 15.2 Å². The van der Waals surface area contributed by atoms with Gasteiger partial charge in [-0.2, -0.15) is 0 Å². The summed E-state index contributed by atoms with van der Waals surface area (Å²) in [7, 11) is 3.16. The van der Waals surface area contributed by atoms with Crippen LogP contribution < -0.4 is 15.2 Å². The number of hydrogen-bond donors (Lipinski definition) is 1. The van der Waals surface area contributed by atoms with Crippen LogP contribution in [-0.4, -0.2) is 26.9 Å². The van der Waals surface area contributed by atoms with Crippen LogP contribution in [0, 0.1) is 0 Å². The molecule has 0 bridgehead atoms. The number of ether oxygens (including phenoxy) is 3. The molecule has 1 aromatic rings. The molecule has 0 aromatic heterocycles. The monoisotopic (exact) mass is 225 g/mol. The number of primary amides is 1. The predicted octanol–water partition coefficient (Wildman–Crippen LogP) is 1.34. The maximum atomic E-state index is 10.4. The summed E-state index contributed by atoms with van der Waals surface area (Å²) in [6.07, 6.45) is -0.203. The Morgan fingerprint density at radius 2 is 1.75 bits per heavy atom. The summed E-state index contributed by atoms with van der Waals surface area (Å²) in [6.45, 7) is 0.242. The van der Waals surface area contributed by atoms with E-state index in [9.17, 15) is 4.79 Å². The van der Waals surface area contributed by atoms with Crippen molar-refractivity contribution in [1.82, 2.24) is 0 Å². The Hall–Kier alpha value is -1.91. The lowest BCUT2D eigenvalue weighted by Gasteiger charge is -2.08. The first kappa shape index (κ1) is 12.2. The lowest BCUT2D eigenvalue weighted by atomic mass is 10.1. The zero-order valence-corrected chi connectivity index (χ0v) is 9.36. The number of nitrogens with two attached hydrogens (primary N) is 1. The molecule has 0 aliphatic carbocycles. The van der Waals surface area contributed by atoms with Crippen molar-refractivity contribution in [3.63, 3.8) is 0 Å². The van der Waals surface area contributed by atoms with Gasteiger partial charge in [-0.3, -0.25) is 0 Å². The first-order valence-corrected chi connectivity index (χ1v) is 4.80. The molecule has 0 radical (unpaired) electrons. The minimum absolute atomic E-state index is 0.242. The van der Waals surface area contributed by atoms with E-state index in [1.54, 1.807) is 20.3 Å². The number of carbonyl (C=O) groups excluding carboxylic acids is 1. The Kier molecular flexibility index (Phi) is 4.44. The number of carbonyl (C=O) groups is 1. The third-order valence-electron chi connectivity index (χ3n) is 2.05. The van der Waals surface area contributed by atoms with E-state index < -0.39 is 6.09 Å². The van der Waals surface area contributed by atoms with Crippen LogP contribution in [0.1, 0.15) is 5.56 Å². The molecule has 0 atom stereocenters. The van der Waals surface area contributed by atoms with Crippen molar-refractivity contribution in [1.29, 1.82) is 0 Å². The summed E-state index contributed by atoms with van der Waals surface area (Å²) in [5, 5.41) is 0. The molecule has 0 aliphatic rings. The molecule has 1 aromatic carbocycles. The highest BCUT2D eigenvalue weighted by atomic mass is 16.5. The molecular formula is C11H15NO4. The Morgan fingerprint density at radius 3 is 2.19 bits per heavy atom. The van der Waals surface area contributed by atoms with Crippen molar-refractivity contribution in [2.24, 2.45) is 5.73 Å². The number of methoxy groups -OCH3 is 2. The molecule has 0 saturated heterocycles. The van der Waals surface area contributed by atoms with Crippen LogP contribution in [0.5, 0.6) is 11.5 Å². The molecule has 1 amide bonds. The average molecular weight is 225 g/mol. The van der Waals surface area contributed by atoms with E-state index in [2.05, 4.69) is 4.74 Å². The molecule has 0 heterocycles. The zero-order chi connectivity index (χ0) is 12.0. The molecular weight excluding hydrogens is 210 g/mol. The molecule has 0 fully saturated rings. The van der Waals surface area contributed by atoms with Crippen molar-refractivity contribution >= 4 is 6.09 Å². The summed E-state index contributed by atoms with van der Waals surface area (Å²) < 4.78 is 14.9. The summed E-state index contributed by atoms with van der Waals surface area (Å²) in [4.78, 5) is 10.4. The fraction of sp³-hybridized carbons (Fsp3) is 0.364. The van der Waals surface area contributed by atoms with Gasteiger partial charge >= 0.3 is 6.09 Å². The van der Waals surface area contributed by atoms with Crippen molar-refractivity contribution < 1.29 is 19.0 Å². The fourth-order valence-corrected chi connectivity index (χ4v) is 1.28. The second kappa shape index (κ2) is 5.85. The second-order valence-electron chi connectivity index (χ2n) is 3.14. The van der Waals surface area contributed by atoms with Gasteiger partial charge in [0.05, 0.1) is 20.8 Å².